The average molecular weight is 423 g/mol. The molecule has 0 spiro atoms. The molecule has 0 amide bonds. The summed E-state index contributed by atoms with van der Waals surface area (Å²) in [6, 6.07) is 0. The van der Waals surface area contributed by atoms with Gasteiger partial charge in [0.25, 0.3) is 0 Å². The van der Waals surface area contributed by atoms with Crippen molar-refractivity contribution in [1.29, 1.82) is 0 Å². The lowest BCUT2D eigenvalue weighted by Crippen LogP contribution is -2.51. The fourth-order valence-corrected chi connectivity index (χ4v) is 10.1. The Labute approximate surface area is 167 Å². The van der Waals surface area contributed by atoms with Crippen LogP contribution in [0.1, 0.15) is 78.6 Å². The predicted octanol–water partition coefficient (Wildman–Crippen LogP) is 5.36. The molecule has 5 fully saturated rings. The van der Waals surface area contributed by atoms with E-state index in [0.717, 1.165) is 42.9 Å². The van der Waals surface area contributed by atoms with Crippen molar-refractivity contribution < 1.29 is 9.90 Å². The fraction of sp³-hybridized carbons (Fsp3) is 0.957. The zero-order valence-corrected chi connectivity index (χ0v) is 18.3. The first-order valence-electron chi connectivity index (χ1n) is 11.0. The van der Waals surface area contributed by atoms with Crippen LogP contribution in [-0.4, -0.2) is 21.8 Å². The molecule has 5 saturated carbocycles. The van der Waals surface area contributed by atoms with E-state index in [-0.39, 0.29) is 5.41 Å². The molecule has 5 aliphatic carbocycles. The maximum Gasteiger partial charge on any atom is 0.147 e. The number of ketones is 1. The molecule has 1 N–H and O–H groups in total. The lowest BCUT2D eigenvalue weighted by Gasteiger charge is -2.56. The Morgan fingerprint density at radius 1 is 1.04 bits per heavy atom. The summed E-state index contributed by atoms with van der Waals surface area (Å²) < 4.78 is 0. The number of hydrogen-bond donors (Lipinski definition) is 1. The summed E-state index contributed by atoms with van der Waals surface area (Å²) in [6.45, 7) is 7.03. The standard InChI is InChI=1S/C23H35BrO2/c1-14-22-9-6-15-16-4-5-18(19(25)12-24)21(16,3)8-7-17(15)23(14,22)11-10-20(2,26)13-22/h14-18,26H,4-13H2,1-3H3/t14-,15+,16+,17+,18-,20-,21+,22-,23+/m1/s1. The van der Waals surface area contributed by atoms with E-state index in [4.69, 9.17) is 0 Å². The van der Waals surface area contributed by atoms with Crippen molar-refractivity contribution in [3.8, 4) is 0 Å². The first-order chi connectivity index (χ1) is 12.2. The number of alkyl halides is 1. The van der Waals surface area contributed by atoms with Crippen LogP contribution in [0.3, 0.4) is 0 Å². The summed E-state index contributed by atoms with van der Waals surface area (Å²) in [5.74, 6) is 3.99. The van der Waals surface area contributed by atoms with Crippen LogP contribution in [-0.2, 0) is 4.79 Å². The van der Waals surface area contributed by atoms with Gasteiger partial charge in [0.1, 0.15) is 5.78 Å². The Bertz CT molecular complexity index is 644. The molecule has 0 saturated heterocycles. The molecule has 3 heteroatoms. The van der Waals surface area contributed by atoms with E-state index in [1.165, 1.54) is 38.5 Å². The van der Waals surface area contributed by atoms with E-state index in [1.807, 2.05) is 0 Å². The largest absolute Gasteiger partial charge is 0.390 e. The van der Waals surface area contributed by atoms with E-state index < -0.39 is 5.60 Å². The molecule has 0 aliphatic heterocycles. The van der Waals surface area contributed by atoms with Crippen molar-refractivity contribution in [2.75, 3.05) is 5.33 Å². The molecule has 26 heavy (non-hydrogen) atoms. The van der Waals surface area contributed by atoms with Crippen LogP contribution in [0, 0.1) is 45.8 Å². The zero-order chi connectivity index (χ0) is 18.5. The highest BCUT2D eigenvalue weighted by Crippen LogP contribution is 2.86. The van der Waals surface area contributed by atoms with Crippen molar-refractivity contribution in [1.82, 2.24) is 0 Å². The number of carbonyl (C=O) groups excluding carboxylic acids is 1. The minimum Gasteiger partial charge on any atom is -0.390 e. The Morgan fingerprint density at radius 3 is 2.54 bits per heavy atom. The highest BCUT2D eigenvalue weighted by molar-refractivity contribution is 9.09. The third-order valence-corrected chi connectivity index (χ3v) is 11.3. The number of Topliss-reactive ketones (excluding diaryl/α,β-unsaturated/α-hetero) is 1. The second kappa shape index (κ2) is 5.38. The van der Waals surface area contributed by atoms with Crippen molar-refractivity contribution in [3.63, 3.8) is 0 Å². The highest BCUT2D eigenvalue weighted by atomic mass is 79.9. The van der Waals surface area contributed by atoms with Gasteiger partial charge in [0, 0.05) is 5.92 Å². The van der Waals surface area contributed by atoms with Gasteiger partial charge in [0.05, 0.1) is 10.9 Å². The minimum absolute atomic E-state index is 0.251. The van der Waals surface area contributed by atoms with Crippen LogP contribution in [0.25, 0.3) is 0 Å². The Kier molecular flexibility index (Phi) is 3.75. The quantitative estimate of drug-likeness (QED) is 0.607. The summed E-state index contributed by atoms with van der Waals surface area (Å²) >= 11 is 3.44. The molecular weight excluding hydrogens is 388 g/mol. The number of rotatable bonds is 2. The second-order valence-electron chi connectivity index (χ2n) is 11.3. The highest BCUT2D eigenvalue weighted by Gasteiger charge is 2.81. The number of hydrogen-bond acceptors (Lipinski definition) is 2. The van der Waals surface area contributed by atoms with Gasteiger partial charge in [-0.15, -0.1) is 0 Å². The molecule has 0 radical (unpaired) electrons. The van der Waals surface area contributed by atoms with Crippen LogP contribution >= 0.6 is 15.9 Å². The molecule has 0 aromatic carbocycles. The lowest BCUT2D eigenvalue weighted by molar-refractivity contribution is -0.130. The van der Waals surface area contributed by atoms with E-state index in [2.05, 4.69) is 36.7 Å². The van der Waals surface area contributed by atoms with Crippen molar-refractivity contribution in [3.05, 3.63) is 0 Å². The van der Waals surface area contributed by atoms with Gasteiger partial charge in [0.2, 0.25) is 0 Å². The number of halogens is 1. The van der Waals surface area contributed by atoms with E-state index >= 15 is 0 Å². The average Bonchev–Trinajstić information content (AvgIpc) is 2.94. The topological polar surface area (TPSA) is 37.3 Å². The molecule has 5 aliphatic rings. The number of aliphatic hydroxyl groups is 1. The molecule has 0 unspecified atom stereocenters. The fourth-order valence-electron chi connectivity index (χ4n) is 9.75. The molecule has 0 aromatic rings. The van der Waals surface area contributed by atoms with Gasteiger partial charge >= 0.3 is 0 Å². The van der Waals surface area contributed by atoms with Crippen LogP contribution in [0.15, 0.2) is 0 Å². The van der Waals surface area contributed by atoms with E-state index in [1.54, 1.807) is 0 Å². The smallest absolute Gasteiger partial charge is 0.147 e. The van der Waals surface area contributed by atoms with Crippen LogP contribution < -0.4 is 0 Å². The zero-order valence-electron chi connectivity index (χ0n) is 16.7. The van der Waals surface area contributed by atoms with Gasteiger partial charge in [-0.05, 0) is 105 Å². The first-order valence-corrected chi connectivity index (χ1v) is 12.2. The molecule has 0 aromatic heterocycles. The van der Waals surface area contributed by atoms with E-state index in [9.17, 15) is 9.90 Å². The normalized spacial score (nSPS) is 60.4. The van der Waals surface area contributed by atoms with Crippen LogP contribution in [0.4, 0.5) is 0 Å². The Balaban J connectivity index is 1.46. The molecule has 2 nitrogen and oxygen atoms in total. The van der Waals surface area contributed by atoms with Crippen LogP contribution in [0.2, 0.25) is 0 Å². The molecule has 146 valence electrons. The number of fused-ring (bicyclic) bond motifs is 3. The second-order valence-corrected chi connectivity index (χ2v) is 11.8. The summed E-state index contributed by atoms with van der Waals surface area (Å²) in [5, 5.41) is 11.3. The lowest BCUT2D eigenvalue weighted by atomic mass is 9.48. The monoisotopic (exact) mass is 422 g/mol. The van der Waals surface area contributed by atoms with Gasteiger partial charge < -0.3 is 5.11 Å². The van der Waals surface area contributed by atoms with Crippen LogP contribution in [0.5, 0.6) is 0 Å². The maximum absolute atomic E-state index is 12.6. The Morgan fingerprint density at radius 2 is 1.81 bits per heavy atom. The third kappa shape index (κ3) is 1.96. The van der Waals surface area contributed by atoms with Gasteiger partial charge in [-0.2, -0.15) is 0 Å². The summed E-state index contributed by atoms with van der Waals surface area (Å²) in [5.41, 5.74) is 0.774. The van der Waals surface area contributed by atoms with E-state index in [0.29, 0.717) is 27.9 Å². The van der Waals surface area contributed by atoms with Crippen molar-refractivity contribution >= 4 is 21.7 Å². The summed E-state index contributed by atoms with van der Waals surface area (Å²) in [4.78, 5) is 12.6. The van der Waals surface area contributed by atoms with Gasteiger partial charge in [-0.1, -0.05) is 29.8 Å². The van der Waals surface area contributed by atoms with Crippen molar-refractivity contribution in [2.24, 2.45) is 45.8 Å². The molecule has 0 heterocycles. The Hall–Kier alpha value is 0.110. The molecule has 5 rings (SSSR count). The first kappa shape index (κ1) is 18.2. The summed E-state index contributed by atoms with van der Waals surface area (Å²) in [6.07, 6.45) is 10.9. The minimum atomic E-state index is -0.439. The van der Waals surface area contributed by atoms with Gasteiger partial charge in [-0.25, -0.2) is 0 Å². The number of carbonyl (C=O) groups is 1. The maximum atomic E-state index is 12.6. The molecular formula is C23H35BrO2. The predicted molar refractivity (Wildman–Crippen MR) is 107 cm³/mol. The van der Waals surface area contributed by atoms with Gasteiger partial charge in [-0.3, -0.25) is 4.79 Å². The van der Waals surface area contributed by atoms with Gasteiger partial charge in [0.15, 0.2) is 0 Å². The molecule has 0 bridgehead atoms. The SMILES string of the molecule is C[C@@H]1[C@]23CC[C@H]4[C@@H]5CC[C@H](C(=O)CBr)[C@@]5(C)CC[C@@H]4[C@]12CC[C@@](C)(O)C3. The molecule has 9 atom stereocenters. The third-order valence-electron chi connectivity index (χ3n) is 10.8. The van der Waals surface area contributed by atoms with Crippen molar-refractivity contribution in [2.45, 2.75) is 84.2 Å². The summed E-state index contributed by atoms with van der Waals surface area (Å²) in [7, 11) is 0.